The number of aryl methyl sites for hydroxylation is 1. The number of anilines is 1. The molecule has 0 radical (unpaired) electrons. The predicted octanol–water partition coefficient (Wildman–Crippen LogP) is 5.71. The van der Waals surface area contributed by atoms with Crippen LogP contribution < -0.4 is 10.1 Å². The van der Waals surface area contributed by atoms with Gasteiger partial charge in [-0.2, -0.15) is 0 Å². The van der Waals surface area contributed by atoms with E-state index in [0.29, 0.717) is 11.5 Å². The lowest BCUT2D eigenvalue weighted by Gasteiger charge is -2.07. The topological polar surface area (TPSA) is 51.5 Å². The van der Waals surface area contributed by atoms with Crippen LogP contribution >= 0.6 is 0 Å². The van der Waals surface area contributed by atoms with Crippen molar-refractivity contribution in [1.29, 1.82) is 0 Å². The van der Waals surface area contributed by atoms with Gasteiger partial charge in [0.2, 0.25) is 0 Å². The van der Waals surface area contributed by atoms with Crippen LogP contribution in [0.15, 0.2) is 77.2 Å². The second-order valence-electron chi connectivity index (χ2n) is 6.50. The van der Waals surface area contributed by atoms with Gasteiger partial charge in [-0.05, 0) is 59.7 Å². The minimum absolute atomic E-state index is 0.0954. The summed E-state index contributed by atoms with van der Waals surface area (Å²) in [5, 5.41) is 4.74. The first-order valence-electron chi connectivity index (χ1n) is 8.86. The van der Waals surface area contributed by atoms with E-state index < -0.39 is 11.7 Å². The van der Waals surface area contributed by atoms with Crippen LogP contribution in [0.5, 0.6) is 5.75 Å². The number of ether oxygens (including phenoxy) is 1. The van der Waals surface area contributed by atoms with E-state index in [9.17, 15) is 9.18 Å². The standard InChI is InChI=1S/C23H18FNO3/c1-15-6-10-20(24)21(12-15)25-23(26)22-11-9-19(28-22)14-27-18-8-7-16-4-2-3-5-17(16)13-18/h2-13H,14H2,1H3,(H,25,26). The van der Waals surface area contributed by atoms with Gasteiger partial charge in [-0.1, -0.05) is 36.4 Å². The Bertz CT molecular complexity index is 1150. The van der Waals surface area contributed by atoms with Crippen molar-refractivity contribution in [2.45, 2.75) is 13.5 Å². The Morgan fingerprint density at radius 3 is 2.68 bits per heavy atom. The highest BCUT2D eigenvalue weighted by atomic mass is 19.1. The van der Waals surface area contributed by atoms with Gasteiger partial charge < -0.3 is 14.5 Å². The van der Waals surface area contributed by atoms with E-state index in [-0.39, 0.29) is 18.1 Å². The quantitative estimate of drug-likeness (QED) is 0.486. The molecule has 4 nitrogen and oxygen atoms in total. The number of fused-ring (bicyclic) bond motifs is 1. The van der Waals surface area contributed by atoms with Crippen molar-refractivity contribution in [3.63, 3.8) is 0 Å². The van der Waals surface area contributed by atoms with Crippen molar-refractivity contribution in [2.24, 2.45) is 0 Å². The van der Waals surface area contributed by atoms with Crippen LogP contribution in [0.4, 0.5) is 10.1 Å². The number of carbonyl (C=O) groups excluding carboxylic acids is 1. The normalized spacial score (nSPS) is 10.8. The molecule has 3 aromatic carbocycles. The summed E-state index contributed by atoms with van der Waals surface area (Å²) < 4.78 is 25.1. The van der Waals surface area contributed by atoms with Crippen LogP contribution in [-0.2, 0) is 6.61 Å². The van der Waals surface area contributed by atoms with Crippen LogP contribution in [0.2, 0.25) is 0 Å². The van der Waals surface area contributed by atoms with Crippen molar-refractivity contribution >= 4 is 22.4 Å². The summed E-state index contributed by atoms with van der Waals surface area (Å²) in [6.45, 7) is 2.01. The Morgan fingerprint density at radius 2 is 1.82 bits per heavy atom. The van der Waals surface area contributed by atoms with Gasteiger partial charge in [-0.3, -0.25) is 4.79 Å². The summed E-state index contributed by atoms with van der Waals surface area (Å²) in [6.07, 6.45) is 0. The predicted molar refractivity (Wildman–Crippen MR) is 106 cm³/mol. The van der Waals surface area contributed by atoms with Crippen molar-refractivity contribution < 1.29 is 18.3 Å². The fraction of sp³-hybridized carbons (Fsp3) is 0.0870. The highest BCUT2D eigenvalue weighted by Gasteiger charge is 2.14. The largest absolute Gasteiger partial charge is 0.486 e. The molecule has 4 aromatic rings. The Morgan fingerprint density at radius 1 is 1.00 bits per heavy atom. The molecule has 0 aliphatic rings. The first-order chi connectivity index (χ1) is 13.6. The van der Waals surface area contributed by atoms with Crippen molar-refractivity contribution in [3.8, 4) is 5.75 Å². The van der Waals surface area contributed by atoms with Crippen LogP contribution in [-0.4, -0.2) is 5.91 Å². The molecule has 0 atom stereocenters. The molecule has 0 fully saturated rings. The maximum atomic E-state index is 13.8. The van der Waals surface area contributed by atoms with Gasteiger partial charge >= 0.3 is 0 Å². The fourth-order valence-corrected chi connectivity index (χ4v) is 2.91. The zero-order valence-corrected chi connectivity index (χ0v) is 15.2. The molecule has 1 aromatic heterocycles. The average molecular weight is 375 g/mol. The summed E-state index contributed by atoms with van der Waals surface area (Å²) in [5.41, 5.74) is 0.969. The van der Waals surface area contributed by atoms with E-state index in [1.165, 1.54) is 6.07 Å². The van der Waals surface area contributed by atoms with E-state index in [2.05, 4.69) is 5.32 Å². The summed E-state index contributed by atoms with van der Waals surface area (Å²) in [6, 6.07) is 21.6. The smallest absolute Gasteiger partial charge is 0.291 e. The van der Waals surface area contributed by atoms with Crippen LogP contribution in [0.25, 0.3) is 10.8 Å². The molecule has 0 aliphatic carbocycles. The average Bonchev–Trinajstić information content (AvgIpc) is 3.18. The number of furan rings is 1. The molecule has 0 saturated carbocycles. The Labute approximate surface area is 161 Å². The lowest BCUT2D eigenvalue weighted by molar-refractivity contribution is 0.0992. The molecule has 0 aliphatic heterocycles. The highest BCUT2D eigenvalue weighted by molar-refractivity contribution is 6.02. The molecule has 0 bridgehead atoms. The summed E-state index contributed by atoms with van der Waals surface area (Å²) in [4.78, 5) is 12.3. The SMILES string of the molecule is Cc1ccc(F)c(NC(=O)c2ccc(COc3ccc4ccccc4c3)o2)c1. The first-order valence-corrected chi connectivity index (χ1v) is 8.86. The van der Waals surface area contributed by atoms with E-state index in [1.807, 2.05) is 49.4 Å². The number of amides is 1. The van der Waals surface area contributed by atoms with E-state index in [0.717, 1.165) is 16.3 Å². The van der Waals surface area contributed by atoms with Gasteiger partial charge in [0, 0.05) is 0 Å². The number of rotatable bonds is 5. The Kier molecular flexibility index (Phi) is 4.81. The van der Waals surface area contributed by atoms with Gasteiger partial charge in [0.05, 0.1) is 5.69 Å². The minimum atomic E-state index is -0.513. The number of hydrogen-bond donors (Lipinski definition) is 1. The number of hydrogen-bond acceptors (Lipinski definition) is 3. The van der Waals surface area contributed by atoms with E-state index >= 15 is 0 Å². The van der Waals surface area contributed by atoms with Crippen LogP contribution in [0, 0.1) is 12.7 Å². The Hall–Kier alpha value is -3.60. The highest BCUT2D eigenvalue weighted by Crippen LogP contribution is 2.22. The lowest BCUT2D eigenvalue weighted by atomic mass is 10.1. The fourth-order valence-electron chi connectivity index (χ4n) is 2.91. The van der Waals surface area contributed by atoms with Crippen molar-refractivity contribution in [1.82, 2.24) is 0 Å². The molecule has 0 spiro atoms. The third-order valence-electron chi connectivity index (χ3n) is 4.36. The maximum absolute atomic E-state index is 13.8. The maximum Gasteiger partial charge on any atom is 0.291 e. The van der Waals surface area contributed by atoms with Crippen LogP contribution in [0.1, 0.15) is 21.9 Å². The van der Waals surface area contributed by atoms with Gasteiger partial charge in [0.1, 0.15) is 23.9 Å². The summed E-state index contributed by atoms with van der Waals surface area (Å²) >= 11 is 0. The first kappa shape index (κ1) is 17.8. The zero-order valence-electron chi connectivity index (χ0n) is 15.2. The minimum Gasteiger partial charge on any atom is -0.486 e. The summed E-state index contributed by atoms with van der Waals surface area (Å²) in [5.74, 6) is 0.302. The Balaban J connectivity index is 1.42. The molecule has 1 N–H and O–H groups in total. The van der Waals surface area contributed by atoms with Gasteiger partial charge in [-0.15, -0.1) is 0 Å². The van der Waals surface area contributed by atoms with Crippen LogP contribution in [0.3, 0.4) is 0 Å². The second-order valence-corrected chi connectivity index (χ2v) is 6.50. The number of halogens is 1. The zero-order chi connectivity index (χ0) is 19.5. The van der Waals surface area contributed by atoms with Gasteiger partial charge in [0.15, 0.2) is 5.76 Å². The lowest BCUT2D eigenvalue weighted by Crippen LogP contribution is -2.12. The molecule has 5 heteroatoms. The van der Waals surface area contributed by atoms with Gasteiger partial charge in [-0.25, -0.2) is 4.39 Å². The second kappa shape index (κ2) is 7.56. The molecule has 0 unspecified atom stereocenters. The molecular formula is C23H18FNO3. The molecule has 28 heavy (non-hydrogen) atoms. The molecular weight excluding hydrogens is 357 g/mol. The van der Waals surface area contributed by atoms with Crippen molar-refractivity contribution in [2.75, 3.05) is 5.32 Å². The number of nitrogens with one attached hydrogen (secondary N) is 1. The third kappa shape index (κ3) is 3.88. The monoisotopic (exact) mass is 375 g/mol. The molecule has 140 valence electrons. The number of carbonyl (C=O) groups is 1. The van der Waals surface area contributed by atoms with Gasteiger partial charge in [0.25, 0.3) is 5.91 Å². The third-order valence-corrected chi connectivity index (χ3v) is 4.36. The molecule has 1 amide bonds. The van der Waals surface area contributed by atoms with Crippen molar-refractivity contribution in [3.05, 3.63) is 95.7 Å². The number of benzene rings is 3. The van der Waals surface area contributed by atoms with E-state index in [4.69, 9.17) is 9.15 Å². The summed E-state index contributed by atoms with van der Waals surface area (Å²) in [7, 11) is 0. The molecule has 1 heterocycles. The molecule has 4 rings (SSSR count). The molecule has 0 saturated heterocycles. The van der Waals surface area contributed by atoms with E-state index in [1.54, 1.807) is 24.3 Å².